The van der Waals surface area contributed by atoms with E-state index in [1.54, 1.807) is 0 Å². The number of hydrogen-bond donors (Lipinski definition) is 1. The standard InChI is InChI=1S/C11H20ClN5/c1-3-15(4-2)10-9-11(14-17(12)13-10)16-7-5-6-8-16/h9,13H,3-8H2,1-2H3. The second-order valence-electron chi connectivity index (χ2n) is 4.23. The molecule has 0 saturated carbocycles. The molecule has 0 aromatic rings. The maximum absolute atomic E-state index is 5.98. The highest BCUT2D eigenvalue weighted by Gasteiger charge is 2.21. The van der Waals surface area contributed by atoms with Crippen molar-refractivity contribution in [2.75, 3.05) is 26.2 Å². The van der Waals surface area contributed by atoms with Gasteiger partial charge in [-0.15, -0.1) is 9.74 Å². The fraction of sp³-hybridized carbons (Fsp3) is 0.727. The van der Waals surface area contributed by atoms with Crippen molar-refractivity contribution < 1.29 is 0 Å². The Balaban J connectivity index is 2.14. The Kier molecular flexibility index (Phi) is 3.99. The van der Waals surface area contributed by atoms with Crippen LogP contribution in [-0.4, -0.2) is 46.5 Å². The predicted molar refractivity (Wildman–Crippen MR) is 70.1 cm³/mol. The third-order valence-electron chi connectivity index (χ3n) is 3.20. The van der Waals surface area contributed by atoms with Crippen molar-refractivity contribution in [1.29, 1.82) is 0 Å². The fourth-order valence-corrected chi connectivity index (χ4v) is 2.38. The molecule has 0 amide bonds. The molecule has 0 unspecified atom stereocenters. The van der Waals surface area contributed by atoms with Gasteiger partial charge in [0, 0.05) is 32.3 Å². The third kappa shape index (κ3) is 2.77. The van der Waals surface area contributed by atoms with Gasteiger partial charge in [-0.1, -0.05) is 0 Å². The molecule has 5 nitrogen and oxygen atoms in total. The topological polar surface area (TPSA) is 34.1 Å². The lowest BCUT2D eigenvalue weighted by Crippen LogP contribution is -2.42. The molecular formula is C11H20ClN5. The van der Waals surface area contributed by atoms with Gasteiger partial charge in [-0.25, -0.2) is 0 Å². The Morgan fingerprint density at radius 3 is 2.59 bits per heavy atom. The van der Waals surface area contributed by atoms with E-state index in [1.807, 2.05) is 0 Å². The largest absolute Gasteiger partial charge is 0.357 e. The number of amidine groups is 1. The number of likely N-dealkylation sites (tertiary alicyclic amines) is 1. The average Bonchev–Trinajstić information content (AvgIpc) is 2.83. The van der Waals surface area contributed by atoms with Gasteiger partial charge < -0.3 is 9.80 Å². The van der Waals surface area contributed by atoms with Gasteiger partial charge in [0.25, 0.3) is 0 Å². The van der Waals surface area contributed by atoms with Crippen molar-refractivity contribution in [2.24, 2.45) is 5.10 Å². The summed E-state index contributed by atoms with van der Waals surface area (Å²) in [6.45, 7) is 8.32. The summed E-state index contributed by atoms with van der Waals surface area (Å²) in [5.74, 6) is 1.97. The molecule has 2 aliphatic rings. The van der Waals surface area contributed by atoms with Gasteiger partial charge in [0.2, 0.25) is 0 Å². The Bertz CT molecular complexity index is 318. The predicted octanol–water partition coefficient (Wildman–Crippen LogP) is 1.55. The molecule has 0 bridgehead atoms. The monoisotopic (exact) mass is 257 g/mol. The summed E-state index contributed by atoms with van der Waals surface area (Å²) in [6.07, 6.45) is 4.56. The van der Waals surface area contributed by atoms with Gasteiger partial charge in [0.1, 0.15) is 5.82 Å². The number of hydrogen-bond acceptors (Lipinski definition) is 5. The molecule has 2 rings (SSSR count). The van der Waals surface area contributed by atoms with E-state index in [0.717, 1.165) is 37.8 Å². The zero-order valence-corrected chi connectivity index (χ0v) is 11.2. The molecule has 17 heavy (non-hydrogen) atoms. The van der Waals surface area contributed by atoms with Crippen molar-refractivity contribution in [3.63, 3.8) is 0 Å². The second kappa shape index (κ2) is 5.49. The number of hydrazine groups is 1. The second-order valence-corrected chi connectivity index (χ2v) is 4.55. The smallest absolute Gasteiger partial charge is 0.155 e. The van der Waals surface area contributed by atoms with Crippen LogP contribution in [0.15, 0.2) is 17.0 Å². The summed E-state index contributed by atoms with van der Waals surface area (Å²) < 4.78 is 1.28. The van der Waals surface area contributed by atoms with E-state index in [0.29, 0.717) is 0 Å². The first kappa shape index (κ1) is 12.4. The van der Waals surface area contributed by atoms with Crippen LogP contribution >= 0.6 is 11.8 Å². The van der Waals surface area contributed by atoms with Crippen LogP contribution in [0.1, 0.15) is 26.7 Å². The highest BCUT2D eigenvalue weighted by molar-refractivity contribution is 6.14. The molecule has 0 atom stereocenters. The molecule has 2 heterocycles. The summed E-state index contributed by atoms with van der Waals surface area (Å²) >= 11 is 5.98. The lowest BCUT2D eigenvalue weighted by Gasteiger charge is -2.31. The summed E-state index contributed by atoms with van der Waals surface area (Å²) in [7, 11) is 0. The molecule has 0 radical (unpaired) electrons. The lowest BCUT2D eigenvalue weighted by atomic mass is 10.4. The van der Waals surface area contributed by atoms with E-state index in [1.165, 1.54) is 17.5 Å². The van der Waals surface area contributed by atoms with Crippen LogP contribution in [0.25, 0.3) is 0 Å². The highest BCUT2D eigenvalue weighted by Crippen LogP contribution is 2.15. The van der Waals surface area contributed by atoms with E-state index in [-0.39, 0.29) is 0 Å². The van der Waals surface area contributed by atoms with E-state index in [4.69, 9.17) is 11.8 Å². The van der Waals surface area contributed by atoms with Crippen LogP contribution in [0.3, 0.4) is 0 Å². The summed E-state index contributed by atoms with van der Waals surface area (Å²) in [6, 6.07) is 0. The molecule has 1 N–H and O–H groups in total. The van der Waals surface area contributed by atoms with E-state index in [2.05, 4.69) is 40.3 Å². The molecule has 96 valence electrons. The third-order valence-corrected chi connectivity index (χ3v) is 3.36. The minimum atomic E-state index is 0.952. The molecule has 2 aliphatic heterocycles. The Morgan fingerprint density at radius 1 is 1.35 bits per heavy atom. The molecular weight excluding hydrogens is 238 g/mol. The Hall–Kier alpha value is -1.10. The van der Waals surface area contributed by atoms with Crippen LogP contribution in [-0.2, 0) is 0 Å². The van der Waals surface area contributed by atoms with Crippen LogP contribution in [0.2, 0.25) is 0 Å². The number of rotatable bonds is 3. The minimum absolute atomic E-state index is 0.952. The molecule has 0 spiro atoms. The van der Waals surface area contributed by atoms with Crippen LogP contribution in [0.5, 0.6) is 0 Å². The maximum Gasteiger partial charge on any atom is 0.155 e. The van der Waals surface area contributed by atoms with Gasteiger partial charge in [0.15, 0.2) is 5.84 Å². The quantitative estimate of drug-likeness (QED) is 0.778. The van der Waals surface area contributed by atoms with Crippen LogP contribution in [0.4, 0.5) is 0 Å². The van der Waals surface area contributed by atoms with Crippen LogP contribution in [0, 0.1) is 0 Å². The number of hydrazone groups is 1. The molecule has 0 aliphatic carbocycles. The average molecular weight is 258 g/mol. The molecule has 0 aromatic heterocycles. The molecule has 1 fully saturated rings. The van der Waals surface area contributed by atoms with Crippen molar-refractivity contribution in [3.8, 4) is 0 Å². The van der Waals surface area contributed by atoms with Crippen LogP contribution < -0.4 is 5.43 Å². The van der Waals surface area contributed by atoms with E-state index < -0.39 is 0 Å². The van der Waals surface area contributed by atoms with Gasteiger partial charge in [-0.05, 0) is 26.7 Å². The first-order valence-corrected chi connectivity index (χ1v) is 6.61. The van der Waals surface area contributed by atoms with Crippen molar-refractivity contribution in [3.05, 3.63) is 11.9 Å². The lowest BCUT2D eigenvalue weighted by molar-refractivity contribution is 0.271. The Labute approximate surface area is 108 Å². The summed E-state index contributed by atoms with van der Waals surface area (Å²) in [5, 5.41) is 4.29. The van der Waals surface area contributed by atoms with Crippen molar-refractivity contribution in [1.82, 2.24) is 19.9 Å². The minimum Gasteiger partial charge on any atom is -0.357 e. The number of halogens is 1. The highest BCUT2D eigenvalue weighted by atomic mass is 35.5. The van der Waals surface area contributed by atoms with Crippen molar-refractivity contribution >= 4 is 17.6 Å². The van der Waals surface area contributed by atoms with Crippen molar-refractivity contribution in [2.45, 2.75) is 26.7 Å². The SMILES string of the molecule is CCN(CC)C1=CC(N2CCCC2)=NN(Cl)N1. The Morgan fingerprint density at radius 2 is 2.00 bits per heavy atom. The summed E-state index contributed by atoms with van der Waals surface area (Å²) in [5.41, 5.74) is 3.04. The van der Waals surface area contributed by atoms with Gasteiger partial charge in [0.05, 0.1) is 11.8 Å². The van der Waals surface area contributed by atoms with E-state index in [9.17, 15) is 0 Å². The molecule has 6 heteroatoms. The van der Waals surface area contributed by atoms with Gasteiger partial charge in [-0.2, -0.15) is 0 Å². The van der Waals surface area contributed by atoms with Gasteiger partial charge >= 0.3 is 0 Å². The molecule has 0 aromatic carbocycles. The first-order chi connectivity index (χ1) is 8.24. The maximum atomic E-state index is 5.98. The zero-order chi connectivity index (χ0) is 12.3. The first-order valence-electron chi connectivity index (χ1n) is 6.27. The fourth-order valence-electron chi connectivity index (χ4n) is 2.22. The summed E-state index contributed by atoms with van der Waals surface area (Å²) in [4.78, 5) is 4.50. The van der Waals surface area contributed by atoms with E-state index >= 15 is 0 Å². The van der Waals surface area contributed by atoms with Gasteiger partial charge in [-0.3, -0.25) is 5.43 Å². The number of nitrogens with one attached hydrogen (secondary N) is 1. The number of nitrogens with zero attached hydrogens (tertiary/aromatic N) is 4. The zero-order valence-electron chi connectivity index (χ0n) is 10.5. The molecule has 1 saturated heterocycles. The normalized spacial score (nSPS) is 19.9.